The van der Waals surface area contributed by atoms with Crippen molar-refractivity contribution in [2.24, 2.45) is 0 Å². The SMILES string of the molecule is CC.CCc1cccnc1.O=CO. The van der Waals surface area contributed by atoms with E-state index in [-0.39, 0.29) is 6.47 Å². The number of hydrogen-bond acceptors (Lipinski definition) is 2. The Labute approximate surface area is 79.4 Å². The first kappa shape index (κ1) is 14.2. The summed E-state index contributed by atoms with van der Waals surface area (Å²) in [6.45, 7) is 5.87. The Balaban J connectivity index is 0. The van der Waals surface area contributed by atoms with E-state index in [0.29, 0.717) is 0 Å². The predicted molar refractivity (Wildman–Crippen MR) is 53.7 cm³/mol. The van der Waals surface area contributed by atoms with Gasteiger partial charge in [0.2, 0.25) is 0 Å². The molecule has 0 amide bonds. The van der Waals surface area contributed by atoms with Gasteiger partial charge in [0.05, 0.1) is 0 Å². The molecule has 1 aromatic rings. The topological polar surface area (TPSA) is 50.2 Å². The molecule has 0 bridgehead atoms. The van der Waals surface area contributed by atoms with Crippen molar-refractivity contribution in [2.75, 3.05) is 0 Å². The molecule has 0 aromatic carbocycles. The summed E-state index contributed by atoms with van der Waals surface area (Å²) in [6.07, 6.45) is 4.76. The molecule has 1 N–H and O–H groups in total. The zero-order valence-electron chi connectivity index (χ0n) is 8.40. The van der Waals surface area contributed by atoms with E-state index in [4.69, 9.17) is 9.90 Å². The molecule has 13 heavy (non-hydrogen) atoms. The van der Waals surface area contributed by atoms with Crippen LogP contribution in [0.15, 0.2) is 24.5 Å². The van der Waals surface area contributed by atoms with Gasteiger partial charge in [0.25, 0.3) is 6.47 Å². The number of rotatable bonds is 1. The first-order valence-electron chi connectivity index (χ1n) is 4.31. The third-order valence-corrected chi connectivity index (χ3v) is 1.13. The predicted octanol–water partition coefficient (Wildman–Crippen LogP) is 2.37. The quantitative estimate of drug-likeness (QED) is 0.680. The minimum atomic E-state index is -0.250. The van der Waals surface area contributed by atoms with Gasteiger partial charge in [-0.05, 0) is 18.1 Å². The molecule has 74 valence electrons. The molecule has 0 aliphatic heterocycles. The summed E-state index contributed by atoms with van der Waals surface area (Å²) in [5, 5.41) is 6.89. The van der Waals surface area contributed by atoms with Crippen LogP contribution in [0.25, 0.3) is 0 Å². The number of pyridine rings is 1. The van der Waals surface area contributed by atoms with Crippen molar-refractivity contribution in [1.29, 1.82) is 0 Å². The number of aromatic nitrogens is 1. The van der Waals surface area contributed by atoms with Gasteiger partial charge in [0.15, 0.2) is 0 Å². The second kappa shape index (κ2) is 13.2. The molecule has 0 saturated carbocycles. The highest BCUT2D eigenvalue weighted by molar-refractivity contribution is 5.32. The van der Waals surface area contributed by atoms with Gasteiger partial charge in [-0.2, -0.15) is 0 Å². The molecule has 0 unspecified atom stereocenters. The lowest BCUT2D eigenvalue weighted by atomic mass is 10.2. The second-order valence-electron chi connectivity index (χ2n) is 1.82. The molecule has 0 saturated heterocycles. The van der Waals surface area contributed by atoms with Gasteiger partial charge in [0, 0.05) is 12.4 Å². The van der Waals surface area contributed by atoms with Gasteiger partial charge in [-0.3, -0.25) is 9.78 Å². The molecule has 0 aliphatic carbocycles. The standard InChI is InChI=1S/C7H9N.C2H6.CH2O2/c1-2-7-4-3-5-8-6-7;1-2;2-1-3/h3-6H,2H2,1H3;1-2H3;1H,(H,2,3). The third kappa shape index (κ3) is 10.6. The summed E-state index contributed by atoms with van der Waals surface area (Å²) < 4.78 is 0. The number of aryl methyl sites for hydroxylation is 1. The highest BCUT2D eigenvalue weighted by atomic mass is 16.3. The molecule has 1 heterocycles. The van der Waals surface area contributed by atoms with Crippen molar-refractivity contribution in [2.45, 2.75) is 27.2 Å². The highest BCUT2D eigenvalue weighted by Gasteiger charge is 1.81. The van der Waals surface area contributed by atoms with Crippen molar-refractivity contribution in [3.8, 4) is 0 Å². The van der Waals surface area contributed by atoms with Crippen molar-refractivity contribution in [1.82, 2.24) is 4.98 Å². The van der Waals surface area contributed by atoms with E-state index < -0.39 is 0 Å². The zero-order chi connectivity index (χ0) is 10.5. The molecule has 0 radical (unpaired) electrons. The average molecular weight is 183 g/mol. The number of carboxylic acid groups (broad SMARTS) is 1. The maximum Gasteiger partial charge on any atom is 0.290 e. The Hall–Kier alpha value is -1.38. The Morgan fingerprint density at radius 2 is 2.08 bits per heavy atom. The van der Waals surface area contributed by atoms with Crippen molar-refractivity contribution >= 4 is 6.47 Å². The lowest BCUT2D eigenvalue weighted by molar-refractivity contribution is -0.122. The first-order valence-corrected chi connectivity index (χ1v) is 4.31. The fourth-order valence-electron chi connectivity index (χ4n) is 0.607. The van der Waals surface area contributed by atoms with Gasteiger partial charge in [0.1, 0.15) is 0 Å². The van der Waals surface area contributed by atoms with E-state index in [9.17, 15) is 0 Å². The van der Waals surface area contributed by atoms with Crippen LogP contribution in [0.1, 0.15) is 26.3 Å². The van der Waals surface area contributed by atoms with E-state index >= 15 is 0 Å². The van der Waals surface area contributed by atoms with Crippen LogP contribution in [0.5, 0.6) is 0 Å². The van der Waals surface area contributed by atoms with E-state index in [2.05, 4.69) is 18.0 Å². The van der Waals surface area contributed by atoms with E-state index in [1.807, 2.05) is 26.1 Å². The molecule has 0 aliphatic rings. The van der Waals surface area contributed by atoms with Crippen molar-refractivity contribution < 1.29 is 9.90 Å². The minimum absolute atomic E-state index is 0.250. The Morgan fingerprint density at radius 1 is 1.54 bits per heavy atom. The number of nitrogens with zero attached hydrogens (tertiary/aromatic N) is 1. The van der Waals surface area contributed by atoms with Crippen LogP contribution in [-0.2, 0) is 11.2 Å². The first-order chi connectivity index (χ1) is 6.35. The molecule has 0 spiro atoms. The molecule has 0 fully saturated rings. The van der Waals surface area contributed by atoms with Gasteiger partial charge in [-0.25, -0.2) is 0 Å². The lowest BCUT2D eigenvalue weighted by Crippen LogP contribution is -1.77. The Morgan fingerprint density at radius 3 is 2.31 bits per heavy atom. The van der Waals surface area contributed by atoms with Crippen LogP contribution in [-0.4, -0.2) is 16.6 Å². The molecule has 3 heteroatoms. The van der Waals surface area contributed by atoms with Gasteiger partial charge < -0.3 is 5.11 Å². The summed E-state index contributed by atoms with van der Waals surface area (Å²) in [6, 6.07) is 4.03. The van der Waals surface area contributed by atoms with Crippen LogP contribution < -0.4 is 0 Å². The highest BCUT2D eigenvalue weighted by Crippen LogP contribution is 1.93. The average Bonchev–Trinajstić information content (AvgIpc) is 2.23. The fraction of sp³-hybridized carbons (Fsp3) is 0.400. The fourth-order valence-corrected chi connectivity index (χ4v) is 0.607. The maximum absolute atomic E-state index is 8.36. The van der Waals surface area contributed by atoms with Gasteiger partial charge >= 0.3 is 0 Å². The summed E-state index contributed by atoms with van der Waals surface area (Å²) >= 11 is 0. The van der Waals surface area contributed by atoms with Crippen molar-refractivity contribution in [3.63, 3.8) is 0 Å². The Kier molecular flexibility index (Phi) is 14.4. The van der Waals surface area contributed by atoms with Crippen LogP contribution in [0.3, 0.4) is 0 Å². The van der Waals surface area contributed by atoms with Crippen LogP contribution in [0, 0.1) is 0 Å². The van der Waals surface area contributed by atoms with Gasteiger partial charge in [-0.15, -0.1) is 0 Å². The summed E-state index contributed by atoms with van der Waals surface area (Å²) in [5.41, 5.74) is 1.30. The van der Waals surface area contributed by atoms with Crippen molar-refractivity contribution in [3.05, 3.63) is 30.1 Å². The molecule has 0 atom stereocenters. The monoisotopic (exact) mass is 183 g/mol. The van der Waals surface area contributed by atoms with Crippen LogP contribution in [0.4, 0.5) is 0 Å². The van der Waals surface area contributed by atoms with Gasteiger partial charge in [-0.1, -0.05) is 26.8 Å². The number of hydrogen-bond donors (Lipinski definition) is 1. The molecular weight excluding hydrogens is 166 g/mol. The van der Waals surface area contributed by atoms with Crippen LogP contribution in [0.2, 0.25) is 0 Å². The van der Waals surface area contributed by atoms with E-state index in [1.165, 1.54) is 5.56 Å². The normalized spacial score (nSPS) is 7.00. The smallest absolute Gasteiger partial charge is 0.290 e. The zero-order valence-corrected chi connectivity index (χ0v) is 8.40. The molecule has 1 aromatic heterocycles. The molecule has 1 rings (SSSR count). The summed E-state index contributed by atoms with van der Waals surface area (Å²) in [5.74, 6) is 0. The third-order valence-electron chi connectivity index (χ3n) is 1.13. The lowest BCUT2D eigenvalue weighted by Gasteiger charge is -1.88. The summed E-state index contributed by atoms with van der Waals surface area (Å²) in [7, 11) is 0. The van der Waals surface area contributed by atoms with Crippen LogP contribution >= 0.6 is 0 Å². The largest absolute Gasteiger partial charge is 0.483 e. The molecule has 3 nitrogen and oxygen atoms in total. The minimum Gasteiger partial charge on any atom is -0.483 e. The van der Waals surface area contributed by atoms with E-state index in [1.54, 1.807) is 6.20 Å². The second-order valence-corrected chi connectivity index (χ2v) is 1.82. The molecular formula is C10H17NO2. The Bertz CT molecular complexity index is 187. The summed E-state index contributed by atoms with van der Waals surface area (Å²) in [4.78, 5) is 12.3. The maximum atomic E-state index is 8.36. The number of carbonyl (C=O) groups is 1. The van der Waals surface area contributed by atoms with E-state index in [0.717, 1.165) is 6.42 Å².